The van der Waals surface area contributed by atoms with Crippen molar-refractivity contribution in [3.05, 3.63) is 42.0 Å². The first-order chi connectivity index (χ1) is 7.33. The molecule has 0 saturated carbocycles. The maximum Gasteiger partial charge on any atom is 0.174 e. The van der Waals surface area contributed by atoms with Crippen LogP contribution >= 0.6 is 0 Å². The Bertz CT molecular complexity index is 280. The topological polar surface area (TPSA) is 29.5 Å². The van der Waals surface area contributed by atoms with Crippen LogP contribution in [0.5, 0.6) is 0 Å². The van der Waals surface area contributed by atoms with E-state index in [9.17, 15) is 5.11 Å². The molecule has 1 N–H and O–H groups in total. The fourth-order valence-corrected chi connectivity index (χ4v) is 1.16. The molecule has 0 aromatic heterocycles. The summed E-state index contributed by atoms with van der Waals surface area (Å²) >= 11 is 0. The molecule has 0 aliphatic rings. The van der Waals surface area contributed by atoms with Crippen LogP contribution in [-0.2, 0) is 4.74 Å². The number of aliphatic hydroxyl groups is 1. The van der Waals surface area contributed by atoms with Gasteiger partial charge in [0.2, 0.25) is 0 Å². The van der Waals surface area contributed by atoms with E-state index < -0.39 is 6.29 Å². The van der Waals surface area contributed by atoms with E-state index in [2.05, 4.69) is 6.92 Å². The molecule has 0 radical (unpaired) electrons. The SMILES string of the molecule is CCCCOC(O)C=Cc1ccccc1. The third-order valence-corrected chi connectivity index (χ3v) is 2.04. The maximum atomic E-state index is 9.43. The second-order valence-corrected chi connectivity index (χ2v) is 3.38. The molecule has 0 fully saturated rings. The Morgan fingerprint density at radius 2 is 2.07 bits per heavy atom. The molecule has 1 atom stereocenters. The normalized spacial score (nSPS) is 13.2. The van der Waals surface area contributed by atoms with Gasteiger partial charge in [0.15, 0.2) is 6.29 Å². The predicted octanol–water partition coefficient (Wildman–Crippen LogP) is 2.83. The molecular formula is C13H18O2. The van der Waals surface area contributed by atoms with E-state index in [0.717, 1.165) is 18.4 Å². The van der Waals surface area contributed by atoms with E-state index in [-0.39, 0.29) is 0 Å². The summed E-state index contributed by atoms with van der Waals surface area (Å²) in [6.45, 7) is 2.70. The van der Waals surface area contributed by atoms with Gasteiger partial charge in [0.25, 0.3) is 0 Å². The smallest absolute Gasteiger partial charge is 0.174 e. The van der Waals surface area contributed by atoms with Crippen LogP contribution in [0.15, 0.2) is 36.4 Å². The predicted molar refractivity (Wildman–Crippen MR) is 62.3 cm³/mol. The van der Waals surface area contributed by atoms with Crippen molar-refractivity contribution in [2.24, 2.45) is 0 Å². The lowest BCUT2D eigenvalue weighted by Gasteiger charge is -2.06. The van der Waals surface area contributed by atoms with Crippen molar-refractivity contribution in [2.45, 2.75) is 26.1 Å². The van der Waals surface area contributed by atoms with Crippen LogP contribution < -0.4 is 0 Å². The van der Waals surface area contributed by atoms with Gasteiger partial charge in [-0.2, -0.15) is 0 Å². The summed E-state index contributed by atoms with van der Waals surface area (Å²) in [7, 11) is 0. The van der Waals surface area contributed by atoms with Crippen LogP contribution in [0.4, 0.5) is 0 Å². The molecule has 2 heteroatoms. The van der Waals surface area contributed by atoms with Crippen LogP contribution in [0.1, 0.15) is 25.3 Å². The van der Waals surface area contributed by atoms with E-state index in [0.29, 0.717) is 6.61 Å². The zero-order valence-corrected chi connectivity index (χ0v) is 9.10. The highest BCUT2D eigenvalue weighted by Gasteiger charge is 1.96. The van der Waals surface area contributed by atoms with Gasteiger partial charge >= 0.3 is 0 Å². The van der Waals surface area contributed by atoms with Crippen molar-refractivity contribution < 1.29 is 9.84 Å². The second-order valence-electron chi connectivity index (χ2n) is 3.38. The van der Waals surface area contributed by atoms with Gasteiger partial charge in [0.05, 0.1) is 6.61 Å². The van der Waals surface area contributed by atoms with Crippen molar-refractivity contribution in [1.82, 2.24) is 0 Å². The van der Waals surface area contributed by atoms with Crippen molar-refractivity contribution in [3.63, 3.8) is 0 Å². The Balaban J connectivity index is 2.31. The monoisotopic (exact) mass is 206 g/mol. The van der Waals surface area contributed by atoms with Gasteiger partial charge < -0.3 is 9.84 Å². The molecule has 2 nitrogen and oxygen atoms in total. The molecule has 82 valence electrons. The Morgan fingerprint density at radius 1 is 1.33 bits per heavy atom. The lowest BCUT2D eigenvalue weighted by molar-refractivity contribution is -0.0642. The van der Waals surface area contributed by atoms with Gasteiger partial charge in [-0.3, -0.25) is 0 Å². The van der Waals surface area contributed by atoms with Crippen LogP contribution in [0.25, 0.3) is 6.08 Å². The minimum absolute atomic E-state index is 0.608. The minimum Gasteiger partial charge on any atom is -0.365 e. The molecule has 1 aromatic rings. The number of benzene rings is 1. The van der Waals surface area contributed by atoms with Crippen LogP contribution in [-0.4, -0.2) is 18.0 Å². The fourth-order valence-electron chi connectivity index (χ4n) is 1.16. The second kappa shape index (κ2) is 7.21. The molecule has 15 heavy (non-hydrogen) atoms. The summed E-state index contributed by atoms with van der Waals surface area (Å²) in [5, 5.41) is 9.43. The van der Waals surface area contributed by atoms with E-state index in [1.807, 2.05) is 36.4 Å². The summed E-state index contributed by atoms with van der Waals surface area (Å²) < 4.78 is 5.17. The molecule has 0 bridgehead atoms. The molecule has 1 rings (SSSR count). The first-order valence-corrected chi connectivity index (χ1v) is 5.36. The zero-order valence-electron chi connectivity index (χ0n) is 9.10. The first kappa shape index (κ1) is 12.0. The van der Waals surface area contributed by atoms with Crippen LogP contribution in [0.2, 0.25) is 0 Å². The van der Waals surface area contributed by atoms with Crippen molar-refractivity contribution in [2.75, 3.05) is 6.61 Å². The summed E-state index contributed by atoms with van der Waals surface area (Å²) in [6.07, 6.45) is 4.78. The van der Waals surface area contributed by atoms with Crippen LogP contribution in [0, 0.1) is 0 Å². The maximum absolute atomic E-state index is 9.43. The lowest BCUT2D eigenvalue weighted by atomic mass is 10.2. The number of ether oxygens (including phenoxy) is 1. The molecule has 1 unspecified atom stereocenters. The van der Waals surface area contributed by atoms with E-state index in [1.54, 1.807) is 6.08 Å². The van der Waals surface area contributed by atoms with Gasteiger partial charge in [-0.05, 0) is 18.1 Å². The number of rotatable bonds is 6. The van der Waals surface area contributed by atoms with E-state index in [4.69, 9.17) is 4.74 Å². The largest absolute Gasteiger partial charge is 0.365 e. The van der Waals surface area contributed by atoms with E-state index >= 15 is 0 Å². The average Bonchev–Trinajstić information content (AvgIpc) is 2.28. The quantitative estimate of drug-likeness (QED) is 0.573. The van der Waals surface area contributed by atoms with Gasteiger partial charge in [0.1, 0.15) is 0 Å². The molecule has 0 saturated heterocycles. The number of hydrogen-bond donors (Lipinski definition) is 1. The van der Waals surface area contributed by atoms with Gasteiger partial charge in [-0.1, -0.05) is 49.8 Å². The van der Waals surface area contributed by atoms with Gasteiger partial charge in [-0.25, -0.2) is 0 Å². The molecule has 0 aliphatic carbocycles. The summed E-state index contributed by atoms with van der Waals surface area (Å²) in [5.74, 6) is 0. The van der Waals surface area contributed by atoms with Gasteiger partial charge in [-0.15, -0.1) is 0 Å². The van der Waals surface area contributed by atoms with Crippen molar-refractivity contribution in [3.8, 4) is 0 Å². The van der Waals surface area contributed by atoms with Gasteiger partial charge in [0, 0.05) is 0 Å². The molecular weight excluding hydrogens is 188 g/mol. The van der Waals surface area contributed by atoms with Crippen LogP contribution in [0.3, 0.4) is 0 Å². The summed E-state index contributed by atoms with van der Waals surface area (Å²) in [5.41, 5.74) is 1.07. The Labute approximate surface area is 91.2 Å². The molecule has 0 aliphatic heterocycles. The third kappa shape index (κ3) is 5.35. The minimum atomic E-state index is -0.795. The number of hydrogen-bond acceptors (Lipinski definition) is 2. The number of aliphatic hydroxyl groups excluding tert-OH is 1. The highest BCUT2D eigenvalue weighted by Crippen LogP contribution is 2.03. The van der Waals surface area contributed by atoms with E-state index in [1.165, 1.54) is 0 Å². The third-order valence-electron chi connectivity index (χ3n) is 2.04. The summed E-state index contributed by atoms with van der Waals surface area (Å²) in [4.78, 5) is 0. The summed E-state index contributed by atoms with van der Waals surface area (Å²) in [6, 6.07) is 9.85. The first-order valence-electron chi connectivity index (χ1n) is 5.36. The fraction of sp³-hybridized carbons (Fsp3) is 0.385. The lowest BCUT2D eigenvalue weighted by Crippen LogP contribution is -2.08. The van der Waals surface area contributed by atoms with Crippen molar-refractivity contribution in [1.29, 1.82) is 0 Å². The molecule has 0 amide bonds. The standard InChI is InChI=1S/C13H18O2/c1-2-3-11-15-13(14)10-9-12-7-5-4-6-8-12/h4-10,13-14H,2-3,11H2,1H3. The Kier molecular flexibility index (Phi) is 5.74. The highest BCUT2D eigenvalue weighted by atomic mass is 16.6. The Morgan fingerprint density at radius 3 is 2.73 bits per heavy atom. The molecule has 0 spiro atoms. The molecule has 0 heterocycles. The average molecular weight is 206 g/mol. The molecule has 1 aromatic carbocycles. The Hall–Kier alpha value is -1.12. The zero-order chi connectivity index (χ0) is 10.9. The highest BCUT2D eigenvalue weighted by molar-refractivity contribution is 5.48. The number of unbranched alkanes of at least 4 members (excludes halogenated alkanes) is 1. The van der Waals surface area contributed by atoms with Crippen molar-refractivity contribution >= 4 is 6.08 Å².